The Hall–Kier alpha value is -7.32. The lowest BCUT2D eigenvalue weighted by atomic mass is 9.96. The first-order valence-electron chi connectivity index (χ1n) is 26.6. The van der Waals surface area contributed by atoms with Crippen molar-refractivity contribution < 1.29 is 0 Å². The van der Waals surface area contributed by atoms with E-state index in [1.54, 1.807) is 20.8 Å². The fraction of sp³-hybridized carbons (Fsp3) is 0.194. The van der Waals surface area contributed by atoms with Crippen LogP contribution in [-0.2, 0) is 38.5 Å². The van der Waals surface area contributed by atoms with Gasteiger partial charge in [0, 0.05) is 0 Å². The van der Waals surface area contributed by atoms with E-state index in [-0.39, 0.29) is 5.92 Å². The van der Waals surface area contributed by atoms with Gasteiger partial charge >= 0.3 is 0 Å². The lowest BCUT2D eigenvalue weighted by molar-refractivity contribution is 0.851. The van der Waals surface area contributed by atoms with Crippen LogP contribution in [0.3, 0.4) is 0 Å². The van der Waals surface area contributed by atoms with Gasteiger partial charge in [-0.25, -0.2) is 0 Å². The van der Waals surface area contributed by atoms with Gasteiger partial charge in [-0.1, -0.05) is 258 Å². The maximum Gasteiger partial charge on any atom is 0.178 e. The number of benzene rings is 9. The van der Waals surface area contributed by atoms with Gasteiger partial charge in [-0.15, -0.1) is 0 Å². The lowest BCUT2D eigenvalue weighted by Crippen LogP contribution is -2.73. The summed E-state index contributed by atoms with van der Waals surface area (Å²) in [4.78, 5) is 0. The van der Waals surface area contributed by atoms with Crippen molar-refractivity contribution in [2.75, 3.05) is 0 Å². The van der Waals surface area contributed by atoms with Crippen molar-refractivity contribution in [2.24, 2.45) is 5.92 Å². The van der Waals surface area contributed by atoms with Gasteiger partial charge in [0.15, 0.2) is 8.07 Å². The molecule has 0 aromatic heterocycles. The van der Waals surface area contributed by atoms with E-state index in [4.69, 9.17) is 0 Å². The first-order chi connectivity index (χ1) is 35.6. The molecule has 362 valence electrons. The topological polar surface area (TPSA) is 0 Å². The molecule has 0 amide bonds. The third-order valence-electron chi connectivity index (χ3n) is 16.1. The van der Waals surface area contributed by atoms with Crippen molar-refractivity contribution in [2.45, 2.75) is 87.0 Å². The maximum absolute atomic E-state index is 3.44. The molecule has 73 heavy (non-hydrogen) atoms. The molecule has 0 heterocycles. The normalized spacial score (nSPS) is 13.8. The van der Waals surface area contributed by atoms with Gasteiger partial charge in [0.05, 0.1) is 0 Å². The average molecular weight is 963 g/mol. The molecule has 1 heteroatoms. The van der Waals surface area contributed by atoms with Crippen LogP contribution in [-0.4, -0.2) is 8.07 Å². The number of hydrogen-bond acceptors (Lipinski definition) is 0. The summed E-state index contributed by atoms with van der Waals surface area (Å²) in [5.74, 6) is 0.237. The molecule has 0 saturated heterocycles. The lowest BCUT2D eigenvalue weighted by Gasteiger charge is -2.45. The van der Waals surface area contributed by atoms with E-state index in [9.17, 15) is 0 Å². The minimum atomic E-state index is -3.44. The number of hydrogen-bond donors (Lipinski definition) is 0. The number of rotatable bonds is 16. The molecule has 0 radical (unpaired) electrons. The molecular formula is C72H70Si. The monoisotopic (exact) mass is 963 g/mol. The third kappa shape index (κ3) is 10.4. The summed E-state index contributed by atoms with van der Waals surface area (Å²) in [6, 6.07) is 82.9. The van der Waals surface area contributed by atoms with Gasteiger partial charge in [-0.3, -0.25) is 0 Å². The molecule has 1 unspecified atom stereocenters. The summed E-state index contributed by atoms with van der Waals surface area (Å²) in [6.45, 7) is 17.3. The molecule has 9 aromatic rings. The highest BCUT2D eigenvalue weighted by molar-refractivity contribution is 7.17. The van der Waals surface area contributed by atoms with E-state index >= 15 is 0 Å². The number of allylic oxidation sites excluding steroid dienone is 4. The first kappa shape index (κ1) is 49.3. The molecular weight excluding hydrogens is 893 g/mol. The maximum atomic E-state index is 2.64. The largest absolute Gasteiger partial charge is 0.178 e. The van der Waals surface area contributed by atoms with Crippen molar-refractivity contribution in [1.29, 1.82) is 0 Å². The fourth-order valence-electron chi connectivity index (χ4n) is 12.8. The van der Waals surface area contributed by atoms with Crippen LogP contribution in [0.15, 0.2) is 240 Å². The Kier molecular flexibility index (Phi) is 14.7. The molecule has 1 atom stereocenters. The summed E-state index contributed by atoms with van der Waals surface area (Å²) in [6.07, 6.45) is 5.19. The van der Waals surface area contributed by atoms with Crippen molar-refractivity contribution in [3.8, 4) is 0 Å². The SMILES string of the molecule is CC1=C(C)C(C)C([Si](c2c(C)cc(Cc3ccccc3)cc2Cc2ccccc2)(c2c(C)cc(Cc3ccccc3)cc2Cc2ccccc2)c2c(C)cc(Cc3ccccc3)cc2Cc2ccccc2)=C1C. The van der Waals surface area contributed by atoms with Crippen LogP contribution < -0.4 is 15.6 Å². The molecule has 0 spiro atoms. The van der Waals surface area contributed by atoms with Crippen molar-refractivity contribution in [3.05, 3.63) is 324 Å². The van der Waals surface area contributed by atoms with Crippen LogP contribution in [0.4, 0.5) is 0 Å². The van der Waals surface area contributed by atoms with Crippen LogP contribution in [0.1, 0.15) is 111 Å². The minimum absolute atomic E-state index is 0.237. The van der Waals surface area contributed by atoms with Crippen LogP contribution in [0, 0.1) is 26.7 Å². The Morgan fingerprint density at radius 2 is 0.534 bits per heavy atom. The standard InChI is InChI=1S/C72H70Si/c1-50-38-63(41-57-26-14-8-15-27-57)47-66(44-60-32-20-11-21-33-60)69(50)73(72-55(6)53(4)54(5)56(72)7,70-51(2)39-64(42-58-28-16-9-17-29-58)48-67(70)45-61-34-22-12-23-35-61)71-52(3)40-65(43-59-30-18-10-19-31-59)49-68(71)46-62-36-24-13-25-37-62/h8-40,47-49,55H,41-46H2,1-7H3. The highest BCUT2D eigenvalue weighted by atomic mass is 28.3. The highest BCUT2D eigenvalue weighted by Crippen LogP contribution is 2.44. The number of aryl methyl sites for hydroxylation is 3. The Bertz CT molecular complexity index is 3090. The van der Waals surface area contributed by atoms with E-state index in [1.807, 2.05) is 0 Å². The smallest absolute Gasteiger partial charge is 0.0636 e. The minimum Gasteiger partial charge on any atom is -0.0636 e. The second-order valence-electron chi connectivity index (χ2n) is 21.1. The van der Waals surface area contributed by atoms with Gasteiger partial charge in [0.25, 0.3) is 0 Å². The molecule has 9 aromatic carbocycles. The second kappa shape index (κ2) is 21.8. The van der Waals surface area contributed by atoms with Crippen molar-refractivity contribution in [3.63, 3.8) is 0 Å². The Morgan fingerprint density at radius 1 is 0.288 bits per heavy atom. The second-order valence-corrected chi connectivity index (χ2v) is 24.7. The summed E-state index contributed by atoms with van der Waals surface area (Å²) in [7, 11) is -3.44. The third-order valence-corrected chi connectivity index (χ3v) is 22.1. The Morgan fingerprint density at radius 3 is 0.767 bits per heavy atom. The van der Waals surface area contributed by atoms with Crippen LogP contribution in [0.25, 0.3) is 0 Å². The fourth-order valence-corrected chi connectivity index (χ4v) is 19.9. The average Bonchev–Trinajstić information content (AvgIpc) is 3.58. The van der Waals surface area contributed by atoms with Crippen molar-refractivity contribution in [1.82, 2.24) is 0 Å². The Labute approximate surface area is 437 Å². The van der Waals surface area contributed by atoms with Crippen LogP contribution >= 0.6 is 0 Å². The molecule has 0 bridgehead atoms. The summed E-state index contributed by atoms with van der Waals surface area (Å²) in [5.41, 5.74) is 25.2. The zero-order valence-corrected chi connectivity index (χ0v) is 45.1. The van der Waals surface area contributed by atoms with Gasteiger partial charge in [0.1, 0.15) is 0 Å². The summed E-state index contributed by atoms with van der Waals surface area (Å²) < 4.78 is 0. The molecule has 0 saturated carbocycles. The molecule has 0 aliphatic heterocycles. The van der Waals surface area contributed by atoms with E-state index in [0.717, 1.165) is 38.5 Å². The zero-order valence-electron chi connectivity index (χ0n) is 44.1. The summed E-state index contributed by atoms with van der Waals surface area (Å²) >= 11 is 0. The quantitative estimate of drug-likeness (QED) is 0.0669. The van der Waals surface area contributed by atoms with Crippen molar-refractivity contribution >= 4 is 23.6 Å². The van der Waals surface area contributed by atoms with E-state index in [1.165, 1.54) is 100 Å². The molecule has 1 aliphatic rings. The van der Waals surface area contributed by atoms with Gasteiger partial charge in [-0.05, 0) is 174 Å². The van der Waals surface area contributed by atoms with E-state index < -0.39 is 8.07 Å². The van der Waals surface area contributed by atoms with E-state index in [2.05, 4.69) is 267 Å². The highest BCUT2D eigenvalue weighted by Gasteiger charge is 2.53. The van der Waals surface area contributed by atoms with Crippen LogP contribution in [0.5, 0.6) is 0 Å². The van der Waals surface area contributed by atoms with Gasteiger partial charge in [-0.2, -0.15) is 0 Å². The first-order valence-corrected chi connectivity index (χ1v) is 28.6. The van der Waals surface area contributed by atoms with Gasteiger partial charge in [0.2, 0.25) is 0 Å². The molecule has 1 aliphatic carbocycles. The predicted molar refractivity (Wildman–Crippen MR) is 314 cm³/mol. The zero-order chi connectivity index (χ0) is 50.5. The molecule has 10 rings (SSSR count). The molecule has 0 N–H and O–H groups in total. The predicted octanol–water partition coefficient (Wildman–Crippen LogP) is 15.5. The molecule has 0 nitrogen and oxygen atoms in total. The molecule has 0 fully saturated rings. The Balaban J connectivity index is 1.40. The summed E-state index contributed by atoms with van der Waals surface area (Å²) in [5, 5.41) is 6.35. The van der Waals surface area contributed by atoms with Gasteiger partial charge < -0.3 is 0 Å². The van der Waals surface area contributed by atoms with Crippen LogP contribution in [0.2, 0.25) is 0 Å². The van der Waals surface area contributed by atoms with E-state index in [0.29, 0.717) is 0 Å².